The minimum Gasteiger partial charge on any atom is -0.388 e. The van der Waals surface area contributed by atoms with E-state index in [1.807, 2.05) is 32.7 Å². The molecule has 1 heterocycles. The summed E-state index contributed by atoms with van der Waals surface area (Å²) in [6.45, 7) is 3.52. The monoisotopic (exact) mass is 266 g/mol. The van der Waals surface area contributed by atoms with Crippen LogP contribution in [-0.4, -0.2) is 41.1 Å². The van der Waals surface area contributed by atoms with Crippen LogP contribution in [0.2, 0.25) is 0 Å². The van der Waals surface area contributed by atoms with Gasteiger partial charge in [-0.15, -0.1) is 0 Å². The Morgan fingerprint density at radius 3 is 2.63 bits per heavy atom. The summed E-state index contributed by atoms with van der Waals surface area (Å²) in [7, 11) is 5.96. The molecule has 2 N–H and O–H groups in total. The van der Waals surface area contributed by atoms with Crippen molar-refractivity contribution in [1.29, 1.82) is 0 Å². The second-order valence-corrected chi connectivity index (χ2v) is 5.83. The Kier molecular flexibility index (Phi) is 4.16. The zero-order valence-electron chi connectivity index (χ0n) is 12.5. The largest absolute Gasteiger partial charge is 0.388 e. The molecule has 1 saturated carbocycles. The van der Waals surface area contributed by atoms with Crippen LogP contribution in [0.25, 0.3) is 0 Å². The number of hydrogen-bond donors (Lipinski definition) is 2. The molecule has 0 bridgehead atoms. The normalized spacial score (nSPS) is 17.9. The molecule has 108 valence electrons. The van der Waals surface area contributed by atoms with Gasteiger partial charge in [0.2, 0.25) is 0 Å². The van der Waals surface area contributed by atoms with Crippen molar-refractivity contribution in [3.63, 3.8) is 0 Å². The zero-order chi connectivity index (χ0) is 14.0. The van der Waals surface area contributed by atoms with Crippen molar-refractivity contribution in [3.8, 4) is 0 Å². The Bertz CT molecular complexity index is 435. The van der Waals surface area contributed by atoms with Crippen LogP contribution in [0.3, 0.4) is 0 Å². The van der Waals surface area contributed by atoms with E-state index in [2.05, 4.69) is 15.3 Å². The number of rotatable bonds is 5. The van der Waals surface area contributed by atoms with Crippen molar-refractivity contribution in [1.82, 2.24) is 15.1 Å². The summed E-state index contributed by atoms with van der Waals surface area (Å²) in [6.07, 6.45) is 4.10. The van der Waals surface area contributed by atoms with E-state index in [4.69, 9.17) is 0 Å². The average Bonchev–Trinajstić information content (AvgIpc) is 2.85. The highest BCUT2D eigenvalue weighted by Gasteiger charge is 2.33. The molecule has 5 nitrogen and oxygen atoms in total. The fourth-order valence-corrected chi connectivity index (χ4v) is 3.26. The van der Waals surface area contributed by atoms with Crippen molar-refractivity contribution >= 4 is 5.82 Å². The Labute approximate surface area is 115 Å². The molecular weight excluding hydrogens is 240 g/mol. The first-order valence-corrected chi connectivity index (χ1v) is 7.07. The number of hydrogen-bond acceptors (Lipinski definition) is 4. The minimum atomic E-state index is -0.524. The van der Waals surface area contributed by atoms with Gasteiger partial charge in [-0.2, -0.15) is 5.10 Å². The third-order valence-electron chi connectivity index (χ3n) is 4.09. The summed E-state index contributed by atoms with van der Waals surface area (Å²) < 4.78 is 1.92. The second-order valence-electron chi connectivity index (χ2n) is 5.83. The van der Waals surface area contributed by atoms with Gasteiger partial charge in [0, 0.05) is 32.7 Å². The standard InChI is InChI=1S/C14H26N4O/c1-11-12(9-15-2)13(18(4)16-11)17(3)10-14(19)7-5-6-8-14/h15,19H,5-10H2,1-4H3. The summed E-state index contributed by atoms with van der Waals surface area (Å²) in [6, 6.07) is 0. The molecule has 1 aliphatic rings. The van der Waals surface area contributed by atoms with Gasteiger partial charge in [-0.05, 0) is 26.8 Å². The SMILES string of the molecule is CNCc1c(C)nn(C)c1N(C)CC1(O)CCCC1. The van der Waals surface area contributed by atoms with Crippen LogP contribution in [0.1, 0.15) is 36.9 Å². The van der Waals surface area contributed by atoms with Gasteiger partial charge in [-0.1, -0.05) is 12.8 Å². The molecule has 0 spiro atoms. The van der Waals surface area contributed by atoms with Crippen LogP contribution < -0.4 is 10.2 Å². The smallest absolute Gasteiger partial charge is 0.131 e. The van der Waals surface area contributed by atoms with Crippen LogP contribution in [-0.2, 0) is 13.6 Å². The summed E-state index contributed by atoms with van der Waals surface area (Å²) in [5, 5.41) is 18.2. The predicted molar refractivity (Wildman–Crippen MR) is 77.4 cm³/mol. The molecular formula is C14H26N4O. The lowest BCUT2D eigenvalue weighted by atomic mass is 10.0. The van der Waals surface area contributed by atoms with Crippen molar-refractivity contribution < 1.29 is 5.11 Å². The Morgan fingerprint density at radius 1 is 1.42 bits per heavy atom. The van der Waals surface area contributed by atoms with Crippen LogP contribution in [0, 0.1) is 6.92 Å². The lowest BCUT2D eigenvalue weighted by Crippen LogP contribution is -2.40. The molecule has 1 aliphatic carbocycles. The highest BCUT2D eigenvalue weighted by Crippen LogP contribution is 2.32. The summed E-state index contributed by atoms with van der Waals surface area (Å²) in [5.41, 5.74) is 1.75. The van der Waals surface area contributed by atoms with Crippen LogP contribution in [0.15, 0.2) is 0 Å². The molecule has 0 amide bonds. The van der Waals surface area contributed by atoms with Gasteiger partial charge in [0.15, 0.2) is 0 Å². The first-order chi connectivity index (χ1) is 8.97. The molecule has 2 rings (SSSR count). The first kappa shape index (κ1) is 14.3. The van der Waals surface area contributed by atoms with E-state index in [0.29, 0.717) is 6.54 Å². The highest BCUT2D eigenvalue weighted by molar-refractivity contribution is 5.50. The van der Waals surface area contributed by atoms with Crippen LogP contribution in [0.4, 0.5) is 5.82 Å². The topological polar surface area (TPSA) is 53.3 Å². The van der Waals surface area contributed by atoms with Crippen molar-refractivity contribution in [3.05, 3.63) is 11.3 Å². The van der Waals surface area contributed by atoms with E-state index >= 15 is 0 Å². The Hall–Kier alpha value is -1.07. The summed E-state index contributed by atoms with van der Waals surface area (Å²) in [4.78, 5) is 2.15. The van der Waals surface area contributed by atoms with E-state index < -0.39 is 5.60 Å². The molecule has 1 aromatic rings. The van der Waals surface area contributed by atoms with E-state index in [0.717, 1.165) is 43.7 Å². The fourth-order valence-electron chi connectivity index (χ4n) is 3.26. The third-order valence-corrected chi connectivity index (χ3v) is 4.09. The van der Waals surface area contributed by atoms with Gasteiger partial charge >= 0.3 is 0 Å². The van der Waals surface area contributed by atoms with Crippen LogP contribution >= 0.6 is 0 Å². The van der Waals surface area contributed by atoms with Crippen molar-refractivity contribution in [2.75, 3.05) is 25.5 Å². The van der Waals surface area contributed by atoms with Gasteiger partial charge in [-0.3, -0.25) is 4.68 Å². The second kappa shape index (κ2) is 5.51. The number of likely N-dealkylation sites (N-methyl/N-ethyl adjacent to an activating group) is 1. The number of nitrogens with zero attached hydrogens (tertiary/aromatic N) is 3. The Morgan fingerprint density at radius 2 is 2.05 bits per heavy atom. The fraction of sp³-hybridized carbons (Fsp3) is 0.786. The summed E-state index contributed by atoms with van der Waals surface area (Å²) >= 11 is 0. The van der Waals surface area contributed by atoms with Gasteiger partial charge in [-0.25, -0.2) is 0 Å². The molecule has 0 aliphatic heterocycles. The lowest BCUT2D eigenvalue weighted by molar-refractivity contribution is 0.0556. The van der Waals surface area contributed by atoms with E-state index in [-0.39, 0.29) is 0 Å². The number of aliphatic hydroxyl groups is 1. The zero-order valence-corrected chi connectivity index (χ0v) is 12.5. The van der Waals surface area contributed by atoms with Crippen molar-refractivity contribution in [2.45, 2.75) is 44.8 Å². The maximum absolute atomic E-state index is 10.6. The maximum Gasteiger partial charge on any atom is 0.131 e. The third kappa shape index (κ3) is 2.92. The molecule has 19 heavy (non-hydrogen) atoms. The van der Waals surface area contributed by atoms with Crippen molar-refractivity contribution in [2.24, 2.45) is 7.05 Å². The Balaban J connectivity index is 2.20. The molecule has 1 fully saturated rings. The summed E-state index contributed by atoms with van der Waals surface area (Å²) in [5.74, 6) is 1.10. The van der Waals surface area contributed by atoms with Gasteiger partial charge in [0.1, 0.15) is 5.82 Å². The maximum atomic E-state index is 10.6. The highest BCUT2D eigenvalue weighted by atomic mass is 16.3. The molecule has 0 atom stereocenters. The molecule has 0 aromatic carbocycles. The minimum absolute atomic E-state index is 0.524. The molecule has 5 heteroatoms. The predicted octanol–water partition coefficient (Wildman–Crippen LogP) is 1.19. The number of aryl methyl sites for hydroxylation is 2. The van der Waals surface area contributed by atoms with Gasteiger partial charge in [0.25, 0.3) is 0 Å². The van der Waals surface area contributed by atoms with E-state index in [9.17, 15) is 5.11 Å². The van der Waals surface area contributed by atoms with Gasteiger partial charge in [0.05, 0.1) is 11.3 Å². The van der Waals surface area contributed by atoms with E-state index in [1.165, 1.54) is 5.56 Å². The molecule has 1 aromatic heterocycles. The molecule has 0 radical (unpaired) electrons. The number of anilines is 1. The molecule has 0 unspecified atom stereocenters. The quantitative estimate of drug-likeness (QED) is 0.840. The van der Waals surface area contributed by atoms with E-state index in [1.54, 1.807) is 0 Å². The number of aromatic nitrogens is 2. The first-order valence-electron chi connectivity index (χ1n) is 7.07. The van der Waals surface area contributed by atoms with Crippen LogP contribution in [0.5, 0.6) is 0 Å². The number of nitrogens with one attached hydrogen (secondary N) is 1. The lowest BCUT2D eigenvalue weighted by Gasteiger charge is -2.30. The molecule has 0 saturated heterocycles. The van der Waals surface area contributed by atoms with Gasteiger partial charge < -0.3 is 15.3 Å². The average molecular weight is 266 g/mol.